The molecule has 0 fully saturated rings. The van der Waals surface area contributed by atoms with Gasteiger partial charge in [0, 0.05) is 6.04 Å². The van der Waals surface area contributed by atoms with E-state index in [1.54, 1.807) is 6.92 Å². The van der Waals surface area contributed by atoms with E-state index < -0.39 is 5.54 Å². The number of nitrogens with one attached hydrogen (secondary N) is 1. The van der Waals surface area contributed by atoms with Crippen molar-refractivity contribution in [1.29, 1.82) is 0 Å². The third-order valence-electron chi connectivity index (χ3n) is 2.40. The summed E-state index contributed by atoms with van der Waals surface area (Å²) in [5, 5.41) is 3.17. The number of rotatable bonds is 8. The minimum absolute atomic E-state index is 0.165. The van der Waals surface area contributed by atoms with E-state index >= 15 is 0 Å². The number of hydrogen-bond acceptors (Lipinski definition) is 5. The van der Waals surface area contributed by atoms with Crippen LogP contribution >= 0.6 is 0 Å². The van der Waals surface area contributed by atoms with E-state index in [9.17, 15) is 4.79 Å². The highest BCUT2D eigenvalue weighted by Gasteiger charge is 2.35. The summed E-state index contributed by atoms with van der Waals surface area (Å²) in [6, 6.07) is 0.165. The molecule has 114 valence electrons. The molecule has 0 heterocycles. The van der Waals surface area contributed by atoms with E-state index in [0.29, 0.717) is 13.2 Å². The average Bonchev–Trinajstić information content (AvgIpc) is 2.24. The van der Waals surface area contributed by atoms with E-state index in [0.717, 1.165) is 0 Å². The molecule has 0 aromatic carbocycles. The summed E-state index contributed by atoms with van der Waals surface area (Å²) in [6.45, 7) is 12.9. The molecule has 0 radical (unpaired) electrons. The minimum Gasteiger partial charge on any atom is -0.468 e. The third-order valence-corrected chi connectivity index (χ3v) is 2.40. The van der Waals surface area contributed by atoms with Gasteiger partial charge in [-0.15, -0.1) is 0 Å². The van der Waals surface area contributed by atoms with Crippen LogP contribution in [0.2, 0.25) is 0 Å². The second-order valence-electron chi connectivity index (χ2n) is 6.14. The molecule has 5 heteroatoms. The predicted octanol–water partition coefficient (Wildman–Crippen LogP) is 1.75. The summed E-state index contributed by atoms with van der Waals surface area (Å²) >= 11 is 0. The Morgan fingerprint density at radius 2 is 1.74 bits per heavy atom. The number of carbonyl (C=O) groups excluding carboxylic acids is 1. The van der Waals surface area contributed by atoms with Crippen molar-refractivity contribution in [3.05, 3.63) is 0 Å². The molecule has 0 rings (SSSR count). The van der Waals surface area contributed by atoms with Gasteiger partial charge in [-0.2, -0.15) is 0 Å². The second kappa shape index (κ2) is 7.82. The van der Waals surface area contributed by atoms with Crippen LogP contribution in [0.15, 0.2) is 0 Å². The third kappa shape index (κ3) is 8.18. The molecule has 19 heavy (non-hydrogen) atoms. The fourth-order valence-corrected chi connectivity index (χ4v) is 1.70. The molecule has 1 unspecified atom stereocenters. The zero-order valence-electron chi connectivity index (χ0n) is 13.3. The molecule has 0 bridgehead atoms. The van der Waals surface area contributed by atoms with Gasteiger partial charge in [-0.25, -0.2) is 4.79 Å². The molecule has 1 atom stereocenters. The monoisotopic (exact) mass is 275 g/mol. The van der Waals surface area contributed by atoms with Crippen LogP contribution in [0.1, 0.15) is 41.5 Å². The Morgan fingerprint density at radius 3 is 2.16 bits per heavy atom. The zero-order valence-corrected chi connectivity index (χ0v) is 13.3. The lowest BCUT2D eigenvalue weighted by atomic mass is 10.0. The summed E-state index contributed by atoms with van der Waals surface area (Å²) in [5.74, 6) is -0.321. The average molecular weight is 275 g/mol. The number of esters is 1. The zero-order chi connectivity index (χ0) is 15.1. The van der Waals surface area contributed by atoms with E-state index in [1.807, 2.05) is 34.6 Å². The summed E-state index contributed by atoms with van der Waals surface area (Å²) in [7, 11) is 1.38. The van der Waals surface area contributed by atoms with E-state index in [1.165, 1.54) is 7.11 Å². The van der Waals surface area contributed by atoms with Crippen molar-refractivity contribution in [3.63, 3.8) is 0 Å². The lowest BCUT2D eigenvalue weighted by Crippen LogP contribution is -2.56. The molecular formula is C14H29NO4. The highest BCUT2D eigenvalue weighted by atomic mass is 16.5. The second-order valence-corrected chi connectivity index (χ2v) is 6.14. The topological polar surface area (TPSA) is 56.8 Å². The first-order valence-corrected chi connectivity index (χ1v) is 6.68. The number of ether oxygens (including phenoxy) is 3. The van der Waals surface area contributed by atoms with Gasteiger partial charge in [0.1, 0.15) is 5.54 Å². The Morgan fingerprint density at radius 1 is 1.16 bits per heavy atom. The number of hydrogen-bond donors (Lipinski definition) is 1. The first-order valence-electron chi connectivity index (χ1n) is 6.68. The Hall–Kier alpha value is -0.650. The van der Waals surface area contributed by atoms with Gasteiger partial charge in [-0.3, -0.25) is 5.32 Å². The Balaban J connectivity index is 4.18. The fraction of sp³-hybridized carbons (Fsp3) is 0.929. The van der Waals surface area contributed by atoms with Crippen LogP contribution in [0.25, 0.3) is 0 Å². The van der Waals surface area contributed by atoms with E-state index in [-0.39, 0.29) is 24.2 Å². The molecule has 0 spiro atoms. The smallest absolute Gasteiger partial charge is 0.328 e. The molecule has 1 N–H and O–H groups in total. The van der Waals surface area contributed by atoms with Gasteiger partial charge in [0.05, 0.1) is 32.5 Å². The van der Waals surface area contributed by atoms with Crippen LogP contribution in [0.4, 0.5) is 0 Å². The maximum Gasteiger partial charge on any atom is 0.328 e. The van der Waals surface area contributed by atoms with Crippen LogP contribution in [0.5, 0.6) is 0 Å². The lowest BCUT2D eigenvalue weighted by Gasteiger charge is -2.30. The van der Waals surface area contributed by atoms with Crippen molar-refractivity contribution < 1.29 is 19.0 Å². The van der Waals surface area contributed by atoms with Gasteiger partial charge < -0.3 is 14.2 Å². The summed E-state index contributed by atoms with van der Waals surface area (Å²) in [4.78, 5) is 11.8. The highest BCUT2D eigenvalue weighted by Crippen LogP contribution is 2.10. The molecule has 0 saturated heterocycles. The first kappa shape index (κ1) is 18.4. The maximum atomic E-state index is 11.8. The van der Waals surface area contributed by atoms with Crippen LogP contribution in [-0.2, 0) is 19.0 Å². The number of carbonyl (C=O) groups is 1. The van der Waals surface area contributed by atoms with Crippen LogP contribution in [0.3, 0.4) is 0 Å². The van der Waals surface area contributed by atoms with E-state index in [4.69, 9.17) is 14.2 Å². The van der Waals surface area contributed by atoms with Gasteiger partial charge >= 0.3 is 5.97 Å². The quantitative estimate of drug-likeness (QED) is 0.540. The molecule has 0 aliphatic heterocycles. The Bertz CT molecular complexity index is 273. The van der Waals surface area contributed by atoms with Gasteiger partial charge in [0.25, 0.3) is 0 Å². The standard InChI is InChI=1S/C14H29NO4/c1-11(2)15-14(6,12(16)17-7)10-18-8-9-19-13(3,4)5/h11,15H,8-10H2,1-7H3. The first-order chi connectivity index (χ1) is 8.60. The van der Waals surface area contributed by atoms with Crippen LogP contribution in [-0.4, -0.2) is 50.1 Å². The molecule has 0 saturated carbocycles. The maximum absolute atomic E-state index is 11.8. The van der Waals surface area contributed by atoms with E-state index in [2.05, 4.69) is 5.32 Å². The van der Waals surface area contributed by atoms with Gasteiger partial charge in [0.2, 0.25) is 0 Å². The van der Waals surface area contributed by atoms with Crippen LogP contribution in [0, 0.1) is 0 Å². The molecule has 5 nitrogen and oxygen atoms in total. The largest absolute Gasteiger partial charge is 0.468 e. The predicted molar refractivity (Wildman–Crippen MR) is 75.2 cm³/mol. The van der Waals surface area contributed by atoms with Gasteiger partial charge in [0.15, 0.2) is 0 Å². The summed E-state index contributed by atoms with van der Waals surface area (Å²) < 4.78 is 15.9. The Kier molecular flexibility index (Phi) is 7.55. The SMILES string of the molecule is COC(=O)C(C)(COCCOC(C)(C)C)NC(C)C. The number of methoxy groups -OCH3 is 1. The molecule has 0 aliphatic rings. The van der Waals surface area contributed by atoms with Crippen molar-refractivity contribution in [3.8, 4) is 0 Å². The van der Waals surface area contributed by atoms with Crippen molar-refractivity contribution in [1.82, 2.24) is 5.32 Å². The van der Waals surface area contributed by atoms with Crippen molar-refractivity contribution in [2.24, 2.45) is 0 Å². The van der Waals surface area contributed by atoms with Crippen molar-refractivity contribution >= 4 is 5.97 Å². The van der Waals surface area contributed by atoms with Gasteiger partial charge in [-0.1, -0.05) is 0 Å². The molecular weight excluding hydrogens is 246 g/mol. The van der Waals surface area contributed by atoms with Crippen molar-refractivity contribution in [2.45, 2.75) is 58.7 Å². The minimum atomic E-state index is -0.829. The molecule has 0 amide bonds. The molecule has 0 aromatic heterocycles. The lowest BCUT2D eigenvalue weighted by molar-refractivity contribution is -0.151. The summed E-state index contributed by atoms with van der Waals surface area (Å²) in [6.07, 6.45) is 0. The van der Waals surface area contributed by atoms with Gasteiger partial charge in [-0.05, 0) is 41.5 Å². The van der Waals surface area contributed by atoms with Crippen LogP contribution < -0.4 is 5.32 Å². The molecule has 0 aliphatic carbocycles. The van der Waals surface area contributed by atoms with Crippen molar-refractivity contribution in [2.75, 3.05) is 26.9 Å². The normalized spacial score (nSPS) is 15.4. The molecule has 0 aromatic rings. The Labute approximate surface area is 117 Å². The summed E-state index contributed by atoms with van der Waals surface area (Å²) in [5.41, 5.74) is -1.00. The highest BCUT2D eigenvalue weighted by molar-refractivity contribution is 5.80. The fourth-order valence-electron chi connectivity index (χ4n) is 1.70.